The van der Waals surface area contributed by atoms with Crippen molar-refractivity contribution in [2.24, 2.45) is 5.92 Å². The van der Waals surface area contributed by atoms with Gasteiger partial charge in [0.1, 0.15) is 5.92 Å². The second-order valence-electron chi connectivity index (χ2n) is 6.29. The largest absolute Gasteiger partial charge is 0.463 e. The van der Waals surface area contributed by atoms with Crippen molar-refractivity contribution in [3.63, 3.8) is 0 Å². The van der Waals surface area contributed by atoms with Gasteiger partial charge >= 0.3 is 0 Å². The zero-order valence-corrected chi connectivity index (χ0v) is 13.9. The van der Waals surface area contributed by atoms with E-state index in [1.807, 2.05) is 60.7 Å². The summed E-state index contributed by atoms with van der Waals surface area (Å²) < 4.78 is 5.28. The maximum Gasteiger partial charge on any atom is 0.273 e. The maximum absolute atomic E-state index is 11.0. The van der Waals surface area contributed by atoms with Crippen LogP contribution >= 0.6 is 0 Å². The highest BCUT2D eigenvalue weighted by Gasteiger charge is 2.56. The molecule has 0 radical (unpaired) electrons. The molecule has 1 aromatic heterocycles. The molecule has 2 atom stereocenters. The number of nitrogens with zero attached hydrogens (tertiary/aromatic N) is 1. The summed E-state index contributed by atoms with van der Waals surface area (Å²) in [6.45, 7) is 0. The van der Waals surface area contributed by atoms with Crippen molar-refractivity contribution in [1.82, 2.24) is 0 Å². The van der Waals surface area contributed by atoms with E-state index in [1.165, 1.54) is 6.26 Å². The van der Waals surface area contributed by atoms with Gasteiger partial charge in [-0.25, -0.2) is 4.89 Å². The van der Waals surface area contributed by atoms with Gasteiger partial charge in [-0.05, 0) is 23.3 Å². The van der Waals surface area contributed by atoms with E-state index in [4.69, 9.17) is 14.2 Å². The van der Waals surface area contributed by atoms with Gasteiger partial charge in [0.2, 0.25) is 0 Å². The van der Waals surface area contributed by atoms with Crippen molar-refractivity contribution in [3.05, 3.63) is 95.9 Å². The van der Waals surface area contributed by atoms with E-state index >= 15 is 0 Å². The van der Waals surface area contributed by atoms with Crippen molar-refractivity contribution in [1.29, 1.82) is 5.26 Å². The Labute approximate surface area is 151 Å². The summed E-state index contributed by atoms with van der Waals surface area (Å²) in [5.74, 6) is -2.73. The Hall–Kier alpha value is -2.91. The van der Waals surface area contributed by atoms with Crippen LogP contribution in [-0.2, 0) is 21.2 Å². The lowest BCUT2D eigenvalue weighted by Gasteiger charge is -2.44. The highest BCUT2D eigenvalue weighted by atomic mass is 17.2. The molecule has 0 bridgehead atoms. The predicted molar refractivity (Wildman–Crippen MR) is 92.2 cm³/mol. The lowest BCUT2D eigenvalue weighted by atomic mass is 9.76. The molecule has 5 nitrogen and oxygen atoms in total. The van der Waals surface area contributed by atoms with Crippen molar-refractivity contribution in [2.75, 3.05) is 0 Å². The van der Waals surface area contributed by atoms with Crippen LogP contribution in [0.3, 0.4) is 0 Å². The van der Waals surface area contributed by atoms with Gasteiger partial charge in [-0.1, -0.05) is 60.7 Å². The highest BCUT2D eigenvalue weighted by molar-refractivity contribution is 5.37. The second kappa shape index (κ2) is 6.43. The first-order valence-corrected chi connectivity index (χ1v) is 8.33. The summed E-state index contributed by atoms with van der Waals surface area (Å²) in [5, 5.41) is 20.7. The lowest BCUT2D eigenvalue weighted by Crippen LogP contribution is -2.50. The van der Waals surface area contributed by atoms with Crippen LogP contribution in [0.15, 0.2) is 83.5 Å². The van der Waals surface area contributed by atoms with E-state index in [9.17, 15) is 10.4 Å². The first-order chi connectivity index (χ1) is 12.7. The molecular weight excluding hydrogens is 330 g/mol. The molecule has 1 N–H and O–H groups in total. The maximum atomic E-state index is 11.0. The third kappa shape index (κ3) is 2.52. The SMILES string of the molecule is N#CC1CC(c2ccccc2)(c2ccccc2)OOC1(O)c1ccco1. The predicted octanol–water partition coefficient (Wildman–Crippen LogP) is 3.86. The Morgan fingerprint density at radius 1 is 0.885 bits per heavy atom. The molecule has 26 heavy (non-hydrogen) atoms. The number of hydrogen-bond acceptors (Lipinski definition) is 5. The standard InChI is InChI=1S/C21H17NO4/c22-15-18-14-20(16-8-3-1-4-9-16,17-10-5-2-6-11-17)25-26-21(18,23)19-12-7-13-24-19/h1-13,18,23H,14H2. The Balaban J connectivity index is 1.82. The molecular formula is C21H17NO4. The van der Waals surface area contributed by atoms with E-state index in [-0.39, 0.29) is 12.2 Å². The van der Waals surface area contributed by atoms with E-state index in [1.54, 1.807) is 12.1 Å². The number of benzene rings is 2. The van der Waals surface area contributed by atoms with Gasteiger partial charge in [-0.15, -0.1) is 0 Å². The van der Waals surface area contributed by atoms with Gasteiger partial charge in [-0.2, -0.15) is 10.1 Å². The average molecular weight is 347 g/mol. The Bertz CT molecular complexity index is 863. The van der Waals surface area contributed by atoms with Crippen LogP contribution in [0.2, 0.25) is 0 Å². The molecule has 2 aromatic carbocycles. The molecule has 130 valence electrons. The van der Waals surface area contributed by atoms with Crippen LogP contribution in [0.5, 0.6) is 0 Å². The molecule has 2 heterocycles. The van der Waals surface area contributed by atoms with Crippen LogP contribution in [0.25, 0.3) is 0 Å². The van der Waals surface area contributed by atoms with E-state index in [0.717, 1.165) is 11.1 Å². The van der Waals surface area contributed by atoms with Gasteiger partial charge in [0.25, 0.3) is 5.79 Å². The topological polar surface area (TPSA) is 75.6 Å². The third-order valence-corrected chi connectivity index (χ3v) is 4.79. The second-order valence-corrected chi connectivity index (χ2v) is 6.29. The van der Waals surface area contributed by atoms with Crippen LogP contribution in [-0.4, -0.2) is 5.11 Å². The Morgan fingerprint density at radius 2 is 1.50 bits per heavy atom. The van der Waals surface area contributed by atoms with Crippen molar-refractivity contribution in [2.45, 2.75) is 17.8 Å². The third-order valence-electron chi connectivity index (χ3n) is 4.79. The highest BCUT2D eigenvalue weighted by Crippen LogP contribution is 2.50. The molecule has 4 rings (SSSR count). The fourth-order valence-corrected chi connectivity index (χ4v) is 3.39. The zero-order valence-electron chi connectivity index (χ0n) is 13.9. The van der Waals surface area contributed by atoms with Gasteiger partial charge < -0.3 is 9.52 Å². The van der Waals surface area contributed by atoms with Gasteiger partial charge in [0.05, 0.1) is 12.3 Å². The molecule has 0 spiro atoms. The van der Waals surface area contributed by atoms with Gasteiger partial charge in [0, 0.05) is 6.42 Å². The fraction of sp³-hybridized carbons (Fsp3) is 0.190. The van der Waals surface area contributed by atoms with Crippen molar-refractivity contribution in [3.8, 4) is 6.07 Å². The summed E-state index contributed by atoms with van der Waals surface area (Å²) in [6.07, 6.45) is 1.62. The van der Waals surface area contributed by atoms with Crippen LogP contribution < -0.4 is 0 Å². The molecule has 0 aliphatic carbocycles. The molecule has 1 fully saturated rings. The molecule has 1 aliphatic heterocycles. The number of furan rings is 1. The molecule has 0 saturated carbocycles. The van der Waals surface area contributed by atoms with Gasteiger partial charge in [0.15, 0.2) is 11.4 Å². The molecule has 1 aliphatic rings. The Morgan fingerprint density at radius 3 is 2.00 bits per heavy atom. The normalized spacial score (nSPS) is 24.7. The summed E-state index contributed by atoms with van der Waals surface area (Å²) >= 11 is 0. The minimum atomic E-state index is -1.97. The molecule has 2 unspecified atom stereocenters. The van der Waals surface area contributed by atoms with Crippen molar-refractivity contribution >= 4 is 0 Å². The Kier molecular flexibility index (Phi) is 4.09. The minimum absolute atomic E-state index is 0.138. The van der Waals surface area contributed by atoms with Crippen LogP contribution in [0, 0.1) is 17.2 Å². The number of hydrogen-bond donors (Lipinski definition) is 1. The fourth-order valence-electron chi connectivity index (χ4n) is 3.39. The zero-order chi connectivity index (χ0) is 18.0. The quantitative estimate of drug-likeness (QED) is 0.728. The molecule has 0 amide bonds. The molecule has 3 aromatic rings. The van der Waals surface area contributed by atoms with Gasteiger partial charge in [-0.3, -0.25) is 0 Å². The van der Waals surface area contributed by atoms with Crippen LogP contribution in [0.4, 0.5) is 0 Å². The smallest absolute Gasteiger partial charge is 0.273 e. The first kappa shape index (κ1) is 16.6. The summed E-state index contributed by atoms with van der Waals surface area (Å²) in [5.41, 5.74) is 0.669. The van der Waals surface area contributed by atoms with Crippen molar-refractivity contribution < 1.29 is 19.3 Å². The number of aliphatic hydroxyl groups is 1. The van der Waals surface area contributed by atoms with E-state index < -0.39 is 17.3 Å². The lowest BCUT2D eigenvalue weighted by molar-refractivity contribution is -0.504. The molecule has 1 saturated heterocycles. The average Bonchev–Trinajstić information content (AvgIpc) is 3.25. The number of nitriles is 1. The van der Waals surface area contributed by atoms with Crippen LogP contribution in [0.1, 0.15) is 23.3 Å². The summed E-state index contributed by atoms with van der Waals surface area (Å²) in [7, 11) is 0. The first-order valence-electron chi connectivity index (χ1n) is 8.33. The summed E-state index contributed by atoms with van der Waals surface area (Å²) in [4.78, 5) is 11.3. The summed E-state index contributed by atoms with van der Waals surface area (Å²) in [6, 6.07) is 24.4. The van der Waals surface area contributed by atoms with E-state index in [2.05, 4.69) is 6.07 Å². The monoisotopic (exact) mass is 347 g/mol. The minimum Gasteiger partial charge on any atom is -0.463 e. The molecule has 5 heteroatoms. The van der Waals surface area contributed by atoms with E-state index in [0.29, 0.717) is 0 Å². The number of rotatable bonds is 3.